The number of halogens is 1. The van der Waals surface area contributed by atoms with Crippen molar-refractivity contribution in [3.63, 3.8) is 0 Å². The van der Waals surface area contributed by atoms with E-state index in [0.717, 1.165) is 37.1 Å². The predicted octanol–water partition coefficient (Wildman–Crippen LogP) is 2.09. The lowest BCUT2D eigenvalue weighted by molar-refractivity contribution is -0.00913. The topological polar surface area (TPSA) is 70.4 Å². The lowest BCUT2D eigenvalue weighted by Crippen LogP contribution is -2.62. The van der Waals surface area contributed by atoms with Crippen molar-refractivity contribution in [2.45, 2.75) is 25.3 Å². The summed E-state index contributed by atoms with van der Waals surface area (Å²) >= 11 is 0. The summed E-state index contributed by atoms with van der Waals surface area (Å²) in [7, 11) is 1.82. The van der Waals surface area contributed by atoms with Gasteiger partial charge in [-0.1, -0.05) is 30.3 Å². The van der Waals surface area contributed by atoms with Crippen LogP contribution in [-0.4, -0.2) is 58.0 Å². The largest absolute Gasteiger partial charge is 0.396 e. The lowest BCUT2D eigenvalue weighted by Gasteiger charge is -2.50. The molecule has 3 heterocycles. The SMILES string of the molecule is Cl.Cn1nc(-c2ccccc2)cc1C(=O)N1CC[C@@]2(CO)CCCN[C@@H]2C1. The van der Waals surface area contributed by atoms with Crippen LogP contribution < -0.4 is 5.32 Å². The molecule has 0 radical (unpaired) electrons. The third-order valence-electron chi connectivity index (χ3n) is 6.03. The highest BCUT2D eigenvalue weighted by molar-refractivity contribution is 5.93. The fourth-order valence-corrected chi connectivity index (χ4v) is 4.37. The minimum absolute atomic E-state index is 0. The number of aromatic nitrogens is 2. The van der Waals surface area contributed by atoms with E-state index in [4.69, 9.17) is 0 Å². The lowest BCUT2D eigenvalue weighted by atomic mass is 9.70. The quantitative estimate of drug-likeness (QED) is 0.841. The molecular weight excluding hydrogens is 364 g/mol. The van der Waals surface area contributed by atoms with E-state index >= 15 is 0 Å². The van der Waals surface area contributed by atoms with E-state index < -0.39 is 0 Å². The first kappa shape index (κ1) is 19.9. The first-order valence-corrected chi connectivity index (χ1v) is 9.36. The molecule has 2 N–H and O–H groups in total. The summed E-state index contributed by atoms with van der Waals surface area (Å²) in [6.45, 7) is 2.48. The number of aliphatic hydroxyl groups is 1. The summed E-state index contributed by atoms with van der Waals surface area (Å²) < 4.78 is 1.67. The molecule has 2 atom stereocenters. The maximum atomic E-state index is 13.1. The van der Waals surface area contributed by atoms with E-state index in [1.165, 1.54) is 0 Å². The molecule has 146 valence electrons. The van der Waals surface area contributed by atoms with Gasteiger partial charge in [-0.05, 0) is 31.9 Å². The minimum Gasteiger partial charge on any atom is -0.396 e. The third-order valence-corrected chi connectivity index (χ3v) is 6.03. The molecule has 2 fully saturated rings. The number of hydrogen-bond donors (Lipinski definition) is 2. The Balaban J connectivity index is 0.00000210. The first-order valence-electron chi connectivity index (χ1n) is 9.36. The monoisotopic (exact) mass is 390 g/mol. The molecule has 2 aliphatic heterocycles. The van der Waals surface area contributed by atoms with Crippen molar-refractivity contribution in [1.82, 2.24) is 20.0 Å². The molecule has 2 aliphatic rings. The van der Waals surface area contributed by atoms with Gasteiger partial charge >= 0.3 is 0 Å². The van der Waals surface area contributed by atoms with Gasteiger partial charge in [-0.3, -0.25) is 9.48 Å². The number of benzene rings is 1. The van der Waals surface area contributed by atoms with Gasteiger partial charge in [0.1, 0.15) is 5.69 Å². The second-order valence-corrected chi connectivity index (χ2v) is 7.54. The normalized spacial score (nSPS) is 24.8. The Bertz CT molecular complexity index is 795. The molecule has 1 aromatic heterocycles. The van der Waals surface area contributed by atoms with Gasteiger partial charge in [0.25, 0.3) is 5.91 Å². The number of likely N-dealkylation sites (tertiary alicyclic amines) is 1. The number of aryl methyl sites for hydroxylation is 1. The summed E-state index contributed by atoms with van der Waals surface area (Å²) in [6, 6.07) is 12.0. The molecule has 0 unspecified atom stereocenters. The van der Waals surface area contributed by atoms with Crippen LogP contribution in [0.15, 0.2) is 36.4 Å². The van der Waals surface area contributed by atoms with Crippen molar-refractivity contribution >= 4 is 18.3 Å². The van der Waals surface area contributed by atoms with Crippen LogP contribution in [0.25, 0.3) is 11.3 Å². The van der Waals surface area contributed by atoms with Crippen molar-refractivity contribution in [2.24, 2.45) is 12.5 Å². The van der Waals surface area contributed by atoms with Gasteiger partial charge in [-0.2, -0.15) is 5.10 Å². The van der Waals surface area contributed by atoms with E-state index in [0.29, 0.717) is 18.8 Å². The molecule has 7 heteroatoms. The molecule has 6 nitrogen and oxygen atoms in total. The highest BCUT2D eigenvalue weighted by atomic mass is 35.5. The summed E-state index contributed by atoms with van der Waals surface area (Å²) in [5, 5.41) is 18.0. The molecule has 2 saturated heterocycles. The summed E-state index contributed by atoms with van der Waals surface area (Å²) in [6.07, 6.45) is 2.97. The number of carbonyl (C=O) groups excluding carboxylic acids is 1. The van der Waals surface area contributed by atoms with Crippen molar-refractivity contribution in [3.05, 3.63) is 42.1 Å². The van der Waals surface area contributed by atoms with E-state index in [1.807, 2.05) is 48.3 Å². The standard InChI is InChI=1S/C20H26N4O2.ClH/c1-23-17(12-16(22-23)15-6-3-2-4-7-15)19(26)24-11-9-20(14-25)8-5-10-21-18(20)13-24;/h2-4,6-7,12,18,21,25H,5,8-11,13-14H2,1H3;1H/t18-,20-;/m1./s1. The molecule has 0 bridgehead atoms. The maximum absolute atomic E-state index is 13.1. The summed E-state index contributed by atoms with van der Waals surface area (Å²) in [5.74, 6) is 0.0149. The Kier molecular flexibility index (Phi) is 5.89. The van der Waals surface area contributed by atoms with Crippen LogP contribution in [0.1, 0.15) is 29.8 Å². The number of nitrogens with zero attached hydrogens (tertiary/aromatic N) is 3. The second kappa shape index (κ2) is 8.00. The Morgan fingerprint density at radius 1 is 1.33 bits per heavy atom. The first-order chi connectivity index (χ1) is 12.6. The molecule has 27 heavy (non-hydrogen) atoms. The van der Waals surface area contributed by atoms with Crippen molar-refractivity contribution in [2.75, 3.05) is 26.2 Å². The third kappa shape index (κ3) is 3.61. The average molecular weight is 391 g/mol. The predicted molar refractivity (Wildman–Crippen MR) is 107 cm³/mol. The zero-order chi connectivity index (χ0) is 18.1. The number of piperidine rings is 2. The molecule has 1 aromatic carbocycles. The number of fused-ring (bicyclic) bond motifs is 1. The zero-order valence-electron chi connectivity index (χ0n) is 15.6. The van der Waals surface area contributed by atoms with Crippen molar-refractivity contribution in [3.8, 4) is 11.3 Å². The summed E-state index contributed by atoms with van der Waals surface area (Å²) in [5.41, 5.74) is 2.36. The van der Waals surface area contributed by atoms with E-state index in [9.17, 15) is 9.90 Å². The number of rotatable bonds is 3. The van der Waals surface area contributed by atoms with Gasteiger partial charge in [0.2, 0.25) is 0 Å². The van der Waals surface area contributed by atoms with E-state index in [2.05, 4.69) is 10.4 Å². The zero-order valence-corrected chi connectivity index (χ0v) is 16.4. The van der Waals surface area contributed by atoms with Gasteiger partial charge < -0.3 is 15.3 Å². The van der Waals surface area contributed by atoms with Crippen LogP contribution in [0.2, 0.25) is 0 Å². The number of carbonyl (C=O) groups is 1. The van der Waals surface area contributed by atoms with Crippen LogP contribution >= 0.6 is 12.4 Å². The molecule has 0 spiro atoms. The van der Waals surface area contributed by atoms with Gasteiger partial charge in [-0.15, -0.1) is 12.4 Å². The number of nitrogens with one attached hydrogen (secondary N) is 1. The average Bonchev–Trinajstić information content (AvgIpc) is 3.09. The molecule has 1 amide bonds. The second-order valence-electron chi connectivity index (χ2n) is 7.54. The molecule has 0 saturated carbocycles. The Labute approximate surface area is 166 Å². The van der Waals surface area contributed by atoms with Gasteiger partial charge in [0.05, 0.1) is 12.3 Å². The van der Waals surface area contributed by atoms with Gasteiger partial charge in [0.15, 0.2) is 0 Å². The Morgan fingerprint density at radius 3 is 2.85 bits per heavy atom. The van der Waals surface area contributed by atoms with Crippen LogP contribution in [0.5, 0.6) is 0 Å². The molecule has 2 aromatic rings. The number of aliphatic hydroxyl groups excluding tert-OH is 1. The van der Waals surface area contributed by atoms with Gasteiger partial charge in [-0.25, -0.2) is 0 Å². The number of hydrogen-bond acceptors (Lipinski definition) is 4. The maximum Gasteiger partial charge on any atom is 0.272 e. The Hall–Kier alpha value is -1.89. The minimum atomic E-state index is -0.0727. The molecule has 4 rings (SSSR count). The number of amides is 1. The van der Waals surface area contributed by atoms with Crippen LogP contribution in [0, 0.1) is 5.41 Å². The fourth-order valence-electron chi connectivity index (χ4n) is 4.37. The van der Waals surface area contributed by atoms with E-state index in [-0.39, 0.29) is 36.4 Å². The highest BCUT2D eigenvalue weighted by Gasteiger charge is 2.45. The van der Waals surface area contributed by atoms with E-state index in [1.54, 1.807) is 4.68 Å². The Morgan fingerprint density at radius 2 is 2.11 bits per heavy atom. The highest BCUT2D eigenvalue weighted by Crippen LogP contribution is 2.38. The van der Waals surface area contributed by atoms with Crippen molar-refractivity contribution in [1.29, 1.82) is 0 Å². The van der Waals surface area contributed by atoms with Crippen molar-refractivity contribution < 1.29 is 9.90 Å². The molecular formula is C20H27ClN4O2. The van der Waals surface area contributed by atoms with Gasteiger partial charge in [0, 0.05) is 37.2 Å². The van der Waals surface area contributed by atoms with Crippen LogP contribution in [-0.2, 0) is 7.05 Å². The van der Waals surface area contributed by atoms with Crippen LogP contribution in [0.4, 0.5) is 0 Å². The van der Waals surface area contributed by atoms with Crippen LogP contribution in [0.3, 0.4) is 0 Å². The summed E-state index contributed by atoms with van der Waals surface area (Å²) in [4.78, 5) is 15.0. The molecule has 0 aliphatic carbocycles. The smallest absolute Gasteiger partial charge is 0.272 e. The fraction of sp³-hybridized carbons (Fsp3) is 0.500.